The summed E-state index contributed by atoms with van der Waals surface area (Å²) < 4.78 is 4.20. The molecule has 0 radical (unpaired) electrons. The van der Waals surface area contributed by atoms with E-state index in [0.717, 1.165) is 44.3 Å². The van der Waals surface area contributed by atoms with Crippen molar-refractivity contribution in [2.24, 2.45) is 14.1 Å². The minimum Gasteiger partial charge on any atom is -0.343 e. The third-order valence-corrected chi connectivity index (χ3v) is 8.29. The van der Waals surface area contributed by atoms with Crippen molar-refractivity contribution in [3.05, 3.63) is 120 Å². The van der Waals surface area contributed by atoms with Crippen LogP contribution in [0.25, 0.3) is 44.3 Å². The standard InChI is InChI=1S/C37H35N3O2/c1-25(2)40(23-32(41)34-28-19-11-13-21-30(28)38(3)36(34)26-15-7-5-8-16-26)24-33(42)35-29-20-12-14-22-31(29)39(4)37(35)27-17-9-6-10-18-27/h5-22,25H,23-24H2,1-4H3. The van der Waals surface area contributed by atoms with Gasteiger partial charge < -0.3 is 9.13 Å². The Hall–Kier alpha value is -4.74. The van der Waals surface area contributed by atoms with Crippen LogP contribution in [0.15, 0.2) is 109 Å². The number of benzene rings is 4. The van der Waals surface area contributed by atoms with E-state index in [2.05, 4.69) is 9.13 Å². The predicted octanol–water partition coefficient (Wildman–Crippen LogP) is 7.78. The Morgan fingerprint density at radius 3 is 1.31 bits per heavy atom. The molecule has 0 aliphatic rings. The topological polar surface area (TPSA) is 47.2 Å². The van der Waals surface area contributed by atoms with Crippen LogP contribution in [0.4, 0.5) is 0 Å². The first-order chi connectivity index (χ1) is 20.4. The number of hydrogen-bond acceptors (Lipinski definition) is 3. The van der Waals surface area contributed by atoms with E-state index in [9.17, 15) is 9.59 Å². The summed E-state index contributed by atoms with van der Waals surface area (Å²) in [6, 6.07) is 36.2. The van der Waals surface area contributed by atoms with E-state index < -0.39 is 0 Å². The zero-order chi connectivity index (χ0) is 29.4. The smallest absolute Gasteiger partial charge is 0.179 e. The van der Waals surface area contributed by atoms with Crippen LogP contribution in [0.5, 0.6) is 0 Å². The first kappa shape index (κ1) is 27.4. The van der Waals surface area contributed by atoms with Gasteiger partial charge in [0.1, 0.15) is 0 Å². The van der Waals surface area contributed by atoms with Crippen molar-refractivity contribution in [3.8, 4) is 22.5 Å². The second-order valence-electron chi connectivity index (χ2n) is 11.2. The summed E-state index contributed by atoms with van der Waals surface area (Å²) in [4.78, 5) is 30.5. The highest BCUT2D eigenvalue weighted by molar-refractivity contribution is 6.16. The Labute approximate surface area is 246 Å². The van der Waals surface area contributed by atoms with Crippen molar-refractivity contribution in [2.45, 2.75) is 19.9 Å². The number of rotatable bonds is 9. The van der Waals surface area contributed by atoms with E-state index in [1.165, 1.54) is 0 Å². The van der Waals surface area contributed by atoms with Crippen molar-refractivity contribution in [1.29, 1.82) is 0 Å². The van der Waals surface area contributed by atoms with Crippen molar-refractivity contribution in [3.63, 3.8) is 0 Å². The lowest BCUT2D eigenvalue weighted by molar-refractivity contribution is 0.0839. The maximum atomic E-state index is 14.2. The molecule has 6 aromatic rings. The highest BCUT2D eigenvalue weighted by atomic mass is 16.1. The molecule has 6 rings (SSSR count). The molecule has 210 valence electrons. The fraction of sp³-hybridized carbons (Fsp3) is 0.189. The molecule has 0 N–H and O–H groups in total. The first-order valence-corrected chi connectivity index (χ1v) is 14.4. The second-order valence-corrected chi connectivity index (χ2v) is 11.2. The number of ketones is 2. The molecule has 0 saturated carbocycles. The van der Waals surface area contributed by atoms with Gasteiger partial charge in [-0.05, 0) is 37.1 Å². The molecule has 2 heterocycles. The van der Waals surface area contributed by atoms with E-state index in [1.807, 2.05) is 142 Å². The average molecular weight is 554 g/mol. The van der Waals surface area contributed by atoms with Gasteiger partial charge >= 0.3 is 0 Å². The summed E-state index contributed by atoms with van der Waals surface area (Å²) in [7, 11) is 4.02. The number of aromatic nitrogens is 2. The number of hydrogen-bond donors (Lipinski definition) is 0. The van der Waals surface area contributed by atoms with Gasteiger partial charge in [-0.25, -0.2) is 0 Å². The van der Waals surface area contributed by atoms with E-state index in [4.69, 9.17) is 0 Å². The molecule has 42 heavy (non-hydrogen) atoms. The Bertz CT molecular complexity index is 1780. The zero-order valence-electron chi connectivity index (χ0n) is 24.5. The summed E-state index contributed by atoms with van der Waals surface area (Å²) in [6.07, 6.45) is 0. The normalized spacial score (nSPS) is 11.7. The van der Waals surface area contributed by atoms with Crippen LogP contribution >= 0.6 is 0 Å². The molecular weight excluding hydrogens is 518 g/mol. The van der Waals surface area contributed by atoms with Gasteiger partial charge in [-0.3, -0.25) is 14.5 Å². The average Bonchev–Trinajstić information content (AvgIpc) is 3.49. The Balaban J connectivity index is 1.39. The van der Waals surface area contributed by atoms with Crippen LogP contribution in [-0.4, -0.2) is 44.7 Å². The molecule has 0 spiro atoms. The first-order valence-electron chi connectivity index (χ1n) is 14.4. The van der Waals surface area contributed by atoms with Crippen molar-refractivity contribution in [2.75, 3.05) is 13.1 Å². The van der Waals surface area contributed by atoms with Crippen LogP contribution < -0.4 is 0 Å². The molecular formula is C37H35N3O2. The van der Waals surface area contributed by atoms with E-state index in [0.29, 0.717) is 11.1 Å². The summed E-state index contributed by atoms with van der Waals surface area (Å²) in [5, 5.41) is 1.86. The molecule has 0 saturated heterocycles. The molecule has 0 aliphatic carbocycles. The number of aryl methyl sites for hydroxylation is 2. The molecule has 0 unspecified atom stereocenters. The van der Waals surface area contributed by atoms with E-state index >= 15 is 0 Å². The van der Waals surface area contributed by atoms with Gasteiger partial charge in [-0.2, -0.15) is 0 Å². The molecule has 0 amide bonds. The largest absolute Gasteiger partial charge is 0.343 e. The minimum atomic E-state index is -0.0109. The van der Waals surface area contributed by atoms with Crippen molar-refractivity contribution < 1.29 is 9.59 Å². The summed E-state index contributed by atoms with van der Waals surface area (Å²) >= 11 is 0. The fourth-order valence-corrected chi connectivity index (χ4v) is 6.17. The van der Waals surface area contributed by atoms with E-state index in [1.54, 1.807) is 0 Å². The SMILES string of the molecule is CC(C)N(CC(=O)c1c(-c2ccccc2)n(C)c2ccccc12)CC(=O)c1c(-c2ccccc2)n(C)c2ccccc12. The third kappa shape index (κ3) is 4.76. The summed E-state index contributed by atoms with van der Waals surface area (Å²) in [5.74, 6) is 0.0155. The summed E-state index contributed by atoms with van der Waals surface area (Å²) in [5.41, 5.74) is 7.21. The number of fused-ring (bicyclic) bond motifs is 2. The fourth-order valence-electron chi connectivity index (χ4n) is 6.17. The lowest BCUT2D eigenvalue weighted by atomic mass is 9.99. The Kier molecular flexibility index (Phi) is 7.36. The molecule has 0 bridgehead atoms. The highest BCUT2D eigenvalue weighted by Crippen LogP contribution is 2.35. The monoisotopic (exact) mass is 553 g/mol. The predicted molar refractivity (Wildman–Crippen MR) is 172 cm³/mol. The van der Waals surface area contributed by atoms with E-state index in [-0.39, 0.29) is 30.7 Å². The number of carbonyl (C=O) groups excluding carboxylic acids is 2. The maximum absolute atomic E-state index is 14.2. The van der Waals surface area contributed by atoms with Crippen LogP contribution in [0.1, 0.15) is 34.6 Å². The second kappa shape index (κ2) is 11.3. The lowest BCUT2D eigenvalue weighted by Gasteiger charge is -2.25. The van der Waals surface area contributed by atoms with Crippen LogP contribution in [0.2, 0.25) is 0 Å². The molecule has 0 fully saturated rings. The maximum Gasteiger partial charge on any atom is 0.179 e. The molecule has 2 aromatic heterocycles. The van der Waals surface area contributed by atoms with Crippen LogP contribution in [0.3, 0.4) is 0 Å². The Morgan fingerprint density at radius 1 is 0.571 bits per heavy atom. The number of para-hydroxylation sites is 2. The van der Waals surface area contributed by atoms with Crippen LogP contribution in [0, 0.1) is 0 Å². The van der Waals surface area contributed by atoms with Gasteiger partial charge in [-0.1, -0.05) is 97.1 Å². The molecule has 4 aromatic carbocycles. The number of nitrogens with zero attached hydrogens (tertiary/aromatic N) is 3. The van der Waals surface area contributed by atoms with Gasteiger partial charge in [0.05, 0.1) is 35.6 Å². The van der Waals surface area contributed by atoms with Gasteiger partial charge in [0, 0.05) is 41.9 Å². The highest BCUT2D eigenvalue weighted by Gasteiger charge is 2.28. The quantitative estimate of drug-likeness (QED) is 0.172. The summed E-state index contributed by atoms with van der Waals surface area (Å²) in [6.45, 7) is 4.37. The number of Topliss-reactive ketones (excluding diaryl/α,β-unsaturated/α-hetero) is 2. The van der Waals surface area contributed by atoms with Crippen LogP contribution in [-0.2, 0) is 14.1 Å². The minimum absolute atomic E-state index is 0.00774. The van der Waals surface area contributed by atoms with Gasteiger partial charge in [0.25, 0.3) is 0 Å². The van der Waals surface area contributed by atoms with Crippen molar-refractivity contribution in [1.82, 2.24) is 14.0 Å². The third-order valence-electron chi connectivity index (χ3n) is 8.29. The Morgan fingerprint density at radius 2 is 0.929 bits per heavy atom. The van der Waals surface area contributed by atoms with Gasteiger partial charge in [0.15, 0.2) is 11.6 Å². The molecule has 0 aliphatic heterocycles. The zero-order valence-corrected chi connectivity index (χ0v) is 24.5. The lowest BCUT2D eigenvalue weighted by Crippen LogP contribution is -2.39. The number of carbonyl (C=O) groups is 2. The van der Waals surface area contributed by atoms with Gasteiger partial charge in [0.2, 0.25) is 0 Å². The molecule has 5 nitrogen and oxygen atoms in total. The molecule has 5 heteroatoms. The molecule has 0 atom stereocenters. The van der Waals surface area contributed by atoms with Crippen molar-refractivity contribution >= 4 is 33.4 Å². The van der Waals surface area contributed by atoms with Gasteiger partial charge in [-0.15, -0.1) is 0 Å².